The number of hydrogen-bond donors (Lipinski definition) is 1. The molecule has 0 aliphatic heterocycles. The van der Waals surface area contributed by atoms with Gasteiger partial charge in [0.15, 0.2) is 0 Å². The van der Waals surface area contributed by atoms with E-state index in [9.17, 15) is 4.79 Å². The zero-order chi connectivity index (χ0) is 14.6. The lowest BCUT2D eigenvalue weighted by Gasteiger charge is -2.07. The monoisotopic (exact) mass is 278 g/mol. The van der Waals surface area contributed by atoms with Gasteiger partial charge < -0.3 is 14.6 Å². The molecule has 1 aromatic rings. The average Bonchev–Trinajstić information content (AvgIpc) is 2.45. The van der Waals surface area contributed by atoms with Crippen molar-refractivity contribution in [1.29, 1.82) is 0 Å². The fraction of sp³-hybridized carbons (Fsp3) is 0.588. The van der Waals surface area contributed by atoms with Crippen LogP contribution in [0.4, 0.5) is 0 Å². The SMILES string of the molecule is CC(=O)CCc1ccc(OCCCCCCCO)cc1. The standard InChI is InChI=1S/C17H26O3/c1-15(19)7-8-16-9-11-17(12-10-16)20-14-6-4-2-3-5-13-18/h9-12,18H,2-8,13-14H2,1H3. The lowest BCUT2D eigenvalue weighted by atomic mass is 10.1. The van der Waals surface area contributed by atoms with Gasteiger partial charge in [0.2, 0.25) is 0 Å². The molecule has 0 radical (unpaired) electrons. The summed E-state index contributed by atoms with van der Waals surface area (Å²) in [5, 5.41) is 8.67. The molecule has 0 heterocycles. The van der Waals surface area contributed by atoms with E-state index in [4.69, 9.17) is 9.84 Å². The highest BCUT2D eigenvalue weighted by molar-refractivity contribution is 5.75. The van der Waals surface area contributed by atoms with Crippen molar-refractivity contribution in [3.05, 3.63) is 29.8 Å². The topological polar surface area (TPSA) is 46.5 Å². The van der Waals surface area contributed by atoms with E-state index in [-0.39, 0.29) is 5.78 Å². The van der Waals surface area contributed by atoms with E-state index >= 15 is 0 Å². The quantitative estimate of drug-likeness (QED) is 0.630. The molecule has 20 heavy (non-hydrogen) atoms. The highest BCUT2D eigenvalue weighted by Crippen LogP contribution is 2.14. The molecule has 1 rings (SSSR count). The molecule has 3 nitrogen and oxygen atoms in total. The lowest BCUT2D eigenvalue weighted by Crippen LogP contribution is -1.98. The smallest absolute Gasteiger partial charge is 0.130 e. The van der Waals surface area contributed by atoms with Crippen LogP contribution in [0.25, 0.3) is 0 Å². The minimum atomic E-state index is 0.228. The largest absolute Gasteiger partial charge is 0.494 e. The third kappa shape index (κ3) is 7.95. The molecule has 1 N–H and O–H groups in total. The molecule has 0 aliphatic carbocycles. The van der Waals surface area contributed by atoms with Crippen molar-refractivity contribution in [2.24, 2.45) is 0 Å². The zero-order valence-corrected chi connectivity index (χ0v) is 12.4. The number of Topliss-reactive ketones (excluding diaryl/α,β-unsaturated/α-hetero) is 1. The molecule has 0 saturated heterocycles. The lowest BCUT2D eigenvalue weighted by molar-refractivity contribution is -0.116. The molecule has 0 aliphatic rings. The van der Waals surface area contributed by atoms with Gasteiger partial charge >= 0.3 is 0 Å². The van der Waals surface area contributed by atoms with Gasteiger partial charge in [-0.3, -0.25) is 0 Å². The van der Waals surface area contributed by atoms with Crippen molar-refractivity contribution in [2.45, 2.75) is 51.9 Å². The van der Waals surface area contributed by atoms with Crippen LogP contribution in [0, 0.1) is 0 Å². The third-order valence-corrected chi connectivity index (χ3v) is 3.26. The van der Waals surface area contributed by atoms with E-state index in [0.29, 0.717) is 13.0 Å². The fourth-order valence-corrected chi connectivity index (χ4v) is 2.01. The van der Waals surface area contributed by atoms with Gasteiger partial charge in [0.05, 0.1) is 6.61 Å². The Morgan fingerprint density at radius 1 is 1.05 bits per heavy atom. The zero-order valence-electron chi connectivity index (χ0n) is 12.4. The van der Waals surface area contributed by atoms with Gasteiger partial charge in [-0.15, -0.1) is 0 Å². The van der Waals surface area contributed by atoms with Crippen LogP contribution in [0.15, 0.2) is 24.3 Å². The van der Waals surface area contributed by atoms with Crippen LogP contribution in [-0.2, 0) is 11.2 Å². The summed E-state index contributed by atoms with van der Waals surface area (Å²) in [5.41, 5.74) is 1.18. The highest BCUT2D eigenvalue weighted by atomic mass is 16.5. The van der Waals surface area contributed by atoms with Crippen LogP contribution in [0.2, 0.25) is 0 Å². The van der Waals surface area contributed by atoms with Gasteiger partial charge in [0, 0.05) is 13.0 Å². The number of ether oxygens (including phenoxy) is 1. The molecule has 0 atom stereocenters. The van der Waals surface area contributed by atoms with Gasteiger partial charge in [-0.25, -0.2) is 0 Å². The summed E-state index contributed by atoms with van der Waals surface area (Å²) in [6, 6.07) is 8.00. The minimum Gasteiger partial charge on any atom is -0.494 e. The summed E-state index contributed by atoms with van der Waals surface area (Å²) in [6.45, 7) is 2.66. The summed E-state index contributed by atoms with van der Waals surface area (Å²) in [6.07, 6.45) is 6.78. The number of hydrogen-bond acceptors (Lipinski definition) is 3. The summed E-state index contributed by atoms with van der Waals surface area (Å²) in [5.74, 6) is 1.12. The van der Waals surface area contributed by atoms with E-state index in [1.807, 2.05) is 24.3 Å². The van der Waals surface area contributed by atoms with Crippen LogP contribution >= 0.6 is 0 Å². The van der Waals surface area contributed by atoms with E-state index in [0.717, 1.165) is 50.9 Å². The Labute approximate surface area is 122 Å². The van der Waals surface area contributed by atoms with Gasteiger partial charge in [-0.2, -0.15) is 0 Å². The number of carbonyl (C=O) groups excluding carboxylic acids is 1. The molecular weight excluding hydrogens is 252 g/mol. The van der Waals surface area contributed by atoms with Crippen LogP contribution < -0.4 is 4.74 Å². The fourth-order valence-electron chi connectivity index (χ4n) is 2.01. The molecule has 1 aromatic carbocycles. The van der Waals surface area contributed by atoms with Gasteiger partial charge in [0.25, 0.3) is 0 Å². The maximum atomic E-state index is 10.9. The first-order chi connectivity index (χ1) is 9.72. The maximum Gasteiger partial charge on any atom is 0.130 e. The first-order valence-electron chi connectivity index (χ1n) is 7.54. The number of aliphatic hydroxyl groups excluding tert-OH is 1. The third-order valence-electron chi connectivity index (χ3n) is 3.26. The van der Waals surface area contributed by atoms with Crippen LogP contribution in [0.1, 0.15) is 51.0 Å². The number of ketones is 1. The normalized spacial score (nSPS) is 10.5. The minimum absolute atomic E-state index is 0.228. The molecular formula is C17H26O3. The Bertz CT molecular complexity index is 370. The molecule has 0 aromatic heterocycles. The second kappa shape index (κ2) is 10.4. The second-order valence-corrected chi connectivity index (χ2v) is 5.19. The summed E-state index contributed by atoms with van der Waals surface area (Å²) in [7, 11) is 0. The van der Waals surface area contributed by atoms with Crippen molar-refractivity contribution in [3.63, 3.8) is 0 Å². The Kier molecular flexibility index (Phi) is 8.72. The number of rotatable bonds is 11. The first-order valence-corrected chi connectivity index (χ1v) is 7.54. The molecule has 0 amide bonds. The Morgan fingerprint density at radius 3 is 2.35 bits per heavy atom. The Morgan fingerprint density at radius 2 is 1.70 bits per heavy atom. The molecule has 0 bridgehead atoms. The maximum absolute atomic E-state index is 10.9. The number of benzene rings is 1. The van der Waals surface area contributed by atoms with E-state index in [1.54, 1.807) is 6.92 Å². The van der Waals surface area contributed by atoms with E-state index in [2.05, 4.69) is 0 Å². The Hall–Kier alpha value is -1.35. The predicted octanol–water partition coefficient (Wildman–Crippen LogP) is 3.53. The summed E-state index contributed by atoms with van der Waals surface area (Å²) >= 11 is 0. The first kappa shape index (κ1) is 16.7. The number of aliphatic hydroxyl groups is 1. The Balaban J connectivity index is 2.13. The van der Waals surface area contributed by atoms with Gasteiger partial charge in [-0.05, 0) is 43.9 Å². The van der Waals surface area contributed by atoms with Crippen molar-refractivity contribution in [2.75, 3.05) is 13.2 Å². The van der Waals surface area contributed by atoms with Crippen molar-refractivity contribution >= 4 is 5.78 Å². The van der Waals surface area contributed by atoms with Crippen LogP contribution in [0.5, 0.6) is 5.75 Å². The van der Waals surface area contributed by atoms with E-state index in [1.165, 1.54) is 5.56 Å². The number of unbranched alkanes of at least 4 members (excludes halogenated alkanes) is 4. The van der Waals surface area contributed by atoms with Gasteiger partial charge in [0.1, 0.15) is 11.5 Å². The average molecular weight is 278 g/mol. The van der Waals surface area contributed by atoms with Gasteiger partial charge in [-0.1, -0.05) is 31.4 Å². The molecule has 3 heteroatoms. The summed E-state index contributed by atoms with van der Waals surface area (Å²) in [4.78, 5) is 10.9. The van der Waals surface area contributed by atoms with E-state index < -0.39 is 0 Å². The highest BCUT2D eigenvalue weighted by Gasteiger charge is 1.98. The second-order valence-electron chi connectivity index (χ2n) is 5.19. The molecule has 0 unspecified atom stereocenters. The molecule has 112 valence electrons. The molecule has 0 fully saturated rings. The van der Waals surface area contributed by atoms with Crippen molar-refractivity contribution < 1.29 is 14.6 Å². The molecule has 0 saturated carbocycles. The number of aryl methyl sites for hydroxylation is 1. The predicted molar refractivity (Wildman–Crippen MR) is 81.1 cm³/mol. The summed E-state index contributed by atoms with van der Waals surface area (Å²) < 4.78 is 5.68. The van der Waals surface area contributed by atoms with Crippen molar-refractivity contribution in [1.82, 2.24) is 0 Å². The number of carbonyl (C=O) groups is 1. The van der Waals surface area contributed by atoms with Crippen molar-refractivity contribution in [3.8, 4) is 5.75 Å². The molecule has 0 spiro atoms. The van der Waals surface area contributed by atoms with Crippen LogP contribution in [0.3, 0.4) is 0 Å². The van der Waals surface area contributed by atoms with Crippen LogP contribution in [-0.4, -0.2) is 24.1 Å².